The van der Waals surface area contributed by atoms with Crippen molar-refractivity contribution in [1.29, 1.82) is 0 Å². The zero-order valence-electron chi connectivity index (χ0n) is 29.6. The first-order valence-corrected chi connectivity index (χ1v) is 20.1. The minimum Gasteiger partial charge on any atom is -0.493 e. The van der Waals surface area contributed by atoms with Gasteiger partial charge in [-0.3, -0.25) is 9.51 Å². The molecule has 0 radical (unpaired) electrons. The lowest BCUT2D eigenvalue weighted by molar-refractivity contribution is -0.144. The highest BCUT2D eigenvalue weighted by Crippen LogP contribution is 2.57. The third-order valence-electron chi connectivity index (χ3n) is 11.4. The van der Waals surface area contributed by atoms with Gasteiger partial charge < -0.3 is 29.7 Å². The zero-order valence-corrected chi connectivity index (χ0v) is 31.3. The van der Waals surface area contributed by atoms with E-state index in [1.165, 1.54) is 16.7 Å². The molecule has 1 heterocycles. The number of pyridine rings is 1. The number of phosphoric acid groups is 1. The van der Waals surface area contributed by atoms with Crippen LogP contribution in [-0.2, 0) is 32.1 Å². The Bertz CT molecular complexity index is 1760. The summed E-state index contributed by atoms with van der Waals surface area (Å²) < 4.78 is 28.6. The van der Waals surface area contributed by atoms with E-state index < -0.39 is 19.3 Å². The molecule has 4 atom stereocenters. The van der Waals surface area contributed by atoms with Crippen molar-refractivity contribution in [2.75, 3.05) is 18.5 Å². The molecule has 0 saturated heterocycles. The maximum absolute atomic E-state index is 12.9. The van der Waals surface area contributed by atoms with Crippen LogP contribution in [0.2, 0.25) is 5.02 Å². The van der Waals surface area contributed by atoms with E-state index in [0.717, 1.165) is 43.5 Å². The van der Waals surface area contributed by atoms with E-state index in [-0.39, 0.29) is 30.0 Å². The number of aryl methyl sites for hydroxylation is 1. The average molecular weight is 741 g/mol. The third kappa shape index (κ3) is 8.58. The second kappa shape index (κ2) is 15.5. The lowest BCUT2D eigenvalue weighted by Crippen LogP contribution is -2.53. The first-order valence-electron chi connectivity index (χ1n) is 18.1. The molecule has 0 bridgehead atoms. The highest BCUT2D eigenvalue weighted by Gasteiger charge is 2.54. The van der Waals surface area contributed by atoms with Crippen LogP contribution in [0.15, 0.2) is 54.7 Å². The van der Waals surface area contributed by atoms with Crippen molar-refractivity contribution in [3.63, 3.8) is 0 Å². The quantitative estimate of drug-likeness (QED) is 0.119. The Kier molecular flexibility index (Phi) is 11.4. The summed E-state index contributed by atoms with van der Waals surface area (Å²) in [6.45, 7) is 6.81. The van der Waals surface area contributed by atoms with Crippen LogP contribution < -0.4 is 14.8 Å². The Balaban J connectivity index is 1.23. The van der Waals surface area contributed by atoms with Gasteiger partial charge in [0, 0.05) is 34.6 Å². The van der Waals surface area contributed by atoms with Gasteiger partial charge in [0.25, 0.3) is 0 Å². The second-order valence-electron chi connectivity index (χ2n) is 15.1. The Morgan fingerprint density at radius 1 is 1.12 bits per heavy atom. The molecule has 1 saturated carbocycles. The summed E-state index contributed by atoms with van der Waals surface area (Å²) in [4.78, 5) is 35.7. The van der Waals surface area contributed by atoms with Gasteiger partial charge in [-0.05, 0) is 135 Å². The van der Waals surface area contributed by atoms with Crippen molar-refractivity contribution in [2.45, 2.75) is 108 Å². The number of ether oxygens (including phenoxy) is 2. The van der Waals surface area contributed by atoms with Crippen LogP contribution >= 0.6 is 19.4 Å². The Morgan fingerprint density at radius 3 is 2.63 bits per heavy atom. The second-order valence-corrected chi connectivity index (χ2v) is 16.7. The summed E-state index contributed by atoms with van der Waals surface area (Å²) in [7, 11) is -4.55. The molecule has 6 rings (SSSR count). The number of phosphoric ester groups is 1. The molecule has 3 aliphatic carbocycles. The summed E-state index contributed by atoms with van der Waals surface area (Å²) in [5.74, 6) is 1.71. The summed E-state index contributed by atoms with van der Waals surface area (Å²) >= 11 is 6.26. The molecule has 1 fully saturated rings. The molecule has 2 aromatic carbocycles. The van der Waals surface area contributed by atoms with Gasteiger partial charge in [0.15, 0.2) is 0 Å². The van der Waals surface area contributed by atoms with Crippen LogP contribution in [0, 0.1) is 11.8 Å². The minimum atomic E-state index is -4.55. The number of halogens is 1. The number of rotatable bonds is 14. The largest absolute Gasteiger partial charge is 0.493 e. The van der Waals surface area contributed by atoms with Crippen LogP contribution in [0.1, 0.15) is 100 Å². The van der Waals surface area contributed by atoms with Gasteiger partial charge in [0.1, 0.15) is 17.0 Å². The highest BCUT2D eigenvalue weighted by molar-refractivity contribution is 7.46. The van der Waals surface area contributed by atoms with Gasteiger partial charge in [-0.25, -0.2) is 9.36 Å². The number of hydrogen-bond acceptors (Lipinski definition) is 7. The van der Waals surface area contributed by atoms with Crippen molar-refractivity contribution < 1.29 is 38.3 Å². The zero-order chi connectivity index (χ0) is 36.4. The number of aromatic nitrogens is 1. The van der Waals surface area contributed by atoms with E-state index >= 15 is 0 Å². The van der Waals surface area contributed by atoms with Gasteiger partial charge in [0.2, 0.25) is 0 Å². The van der Waals surface area contributed by atoms with Crippen LogP contribution in [-0.4, -0.2) is 50.7 Å². The van der Waals surface area contributed by atoms with E-state index in [1.807, 2.05) is 37.4 Å². The van der Waals surface area contributed by atoms with Gasteiger partial charge in [-0.15, -0.1) is 0 Å². The maximum atomic E-state index is 12.9. The standard InChI is InChI=1S/C39H50ClN2O8P/c1-25(24-48-35-12-18-41-34-9-4-6-26(2)36(34)35)20-29-21-28-10-11-32(50-27(3)13-19-49-51(45,46)47)23-33(28)38(29)14-16-39(17-15-38,37(43)44)42-31-8-5-7-30(40)22-31/h5,7-8,10-12,18,22-23,25-27,29,42H,4,6,9,13-17,19-21,24H2,1-3H3,(H,43,44)(H2,45,46,47)/t25-,26-,27?,29+,38?,39?/m1/s1. The van der Waals surface area contributed by atoms with E-state index in [4.69, 9.17) is 30.9 Å². The molecule has 3 aliphatic rings. The topological polar surface area (TPSA) is 147 Å². The number of benzene rings is 2. The fourth-order valence-corrected chi connectivity index (χ4v) is 9.31. The summed E-state index contributed by atoms with van der Waals surface area (Å²) in [6, 6.07) is 15.4. The summed E-state index contributed by atoms with van der Waals surface area (Å²) in [6.07, 6.45) is 9.17. The third-order valence-corrected chi connectivity index (χ3v) is 12.1. The molecule has 10 nitrogen and oxygen atoms in total. The van der Waals surface area contributed by atoms with E-state index in [2.05, 4.69) is 40.8 Å². The molecule has 0 amide bonds. The Hall–Kier alpha value is -3.14. The molecule has 1 aromatic heterocycles. The summed E-state index contributed by atoms with van der Waals surface area (Å²) in [5.41, 5.74) is 4.17. The molecule has 4 N–H and O–H groups in total. The van der Waals surface area contributed by atoms with Gasteiger partial charge in [-0.1, -0.05) is 37.6 Å². The Labute approximate surface area is 305 Å². The number of nitrogens with one attached hydrogen (secondary N) is 1. The molecular weight excluding hydrogens is 691 g/mol. The molecule has 1 spiro atoms. The van der Waals surface area contributed by atoms with Crippen molar-refractivity contribution in [3.8, 4) is 11.5 Å². The summed E-state index contributed by atoms with van der Waals surface area (Å²) in [5, 5.41) is 14.5. The van der Waals surface area contributed by atoms with Crippen molar-refractivity contribution in [3.05, 3.63) is 82.1 Å². The van der Waals surface area contributed by atoms with Crippen LogP contribution in [0.4, 0.5) is 5.69 Å². The van der Waals surface area contributed by atoms with E-state index in [0.29, 0.717) is 61.1 Å². The van der Waals surface area contributed by atoms with Crippen LogP contribution in [0.5, 0.6) is 11.5 Å². The molecule has 276 valence electrons. The van der Waals surface area contributed by atoms with Gasteiger partial charge >= 0.3 is 13.8 Å². The number of nitrogens with zero attached hydrogens (tertiary/aromatic N) is 1. The number of anilines is 1. The minimum absolute atomic E-state index is 0.125. The lowest BCUT2D eigenvalue weighted by Gasteiger charge is -2.47. The van der Waals surface area contributed by atoms with Crippen LogP contribution in [0.25, 0.3) is 0 Å². The smallest absolute Gasteiger partial charge is 0.469 e. The maximum Gasteiger partial charge on any atom is 0.469 e. The molecule has 0 aliphatic heterocycles. The molecule has 1 unspecified atom stereocenters. The van der Waals surface area contributed by atoms with E-state index in [1.54, 1.807) is 12.1 Å². The number of carboxylic acids is 1. The van der Waals surface area contributed by atoms with E-state index in [9.17, 15) is 14.5 Å². The van der Waals surface area contributed by atoms with Gasteiger partial charge in [-0.2, -0.15) is 0 Å². The van der Waals surface area contributed by atoms with Gasteiger partial charge in [0.05, 0.1) is 19.3 Å². The number of fused-ring (bicyclic) bond motifs is 3. The molecule has 3 aromatic rings. The number of carboxylic acid groups (broad SMARTS) is 1. The molecular formula is C39H50ClN2O8P. The monoisotopic (exact) mass is 740 g/mol. The molecule has 51 heavy (non-hydrogen) atoms. The number of hydrogen-bond donors (Lipinski definition) is 4. The predicted octanol–water partition coefficient (Wildman–Crippen LogP) is 8.47. The van der Waals surface area contributed by atoms with Crippen molar-refractivity contribution in [2.24, 2.45) is 11.8 Å². The fraction of sp³-hybridized carbons (Fsp3) is 0.538. The first-order chi connectivity index (χ1) is 24.3. The highest BCUT2D eigenvalue weighted by atomic mass is 35.5. The van der Waals surface area contributed by atoms with Crippen molar-refractivity contribution in [1.82, 2.24) is 4.98 Å². The lowest BCUT2D eigenvalue weighted by atomic mass is 9.59. The fourth-order valence-electron chi connectivity index (χ4n) is 8.78. The number of aliphatic carboxylic acids is 1. The van der Waals surface area contributed by atoms with Crippen molar-refractivity contribution >= 4 is 31.1 Å². The number of carbonyl (C=O) groups is 1. The molecule has 12 heteroatoms. The first kappa shape index (κ1) is 37.6. The Morgan fingerprint density at radius 2 is 1.90 bits per heavy atom. The predicted molar refractivity (Wildman–Crippen MR) is 197 cm³/mol. The average Bonchev–Trinajstić information content (AvgIpc) is 3.35. The van der Waals surface area contributed by atoms with Crippen LogP contribution in [0.3, 0.4) is 0 Å². The normalized spacial score (nSPS) is 25.5. The SMILES string of the molecule is CC(CCOP(=O)(O)O)Oc1ccc2c(c1)C1(CCC(Nc3cccc(Cl)c3)(C(=O)O)CC1)[C@@H](C[C@@H](C)COc1ccnc3c1[C@H](C)CCC3)C2.